The molecule has 1 aromatic heterocycles. The van der Waals surface area contributed by atoms with E-state index in [-0.39, 0.29) is 78.3 Å². The van der Waals surface area contributed by atoms with E-state index in [0.29, 0.717) is 78.4 Å². The molecule has 4 aliphatic heterocycles. The zero-order valence-electron chi connectivity index (χ0n) is 43.8. The molecule has 2 unspecified atom stereocenters. The SMILES string of the molecule is CCCC[C@H](NC(=O)c1cc2cc(C(=O)P(=O)(O)O)ccc2s1)C(=O)N1CC2C[C@H]2[C@H]1C(=O)N[C@@H](CNC(N)=O)C(=O)N[C@H](C(=O)N1CCC(CCC#Cc2cccc3c2CN(C2CCC(=O)NC2=O)C3=O)CC1)c1ccccc1. The largest absolute Gasteiger partial charge is 0.396 e. The van der Waals surface area contributed by atoms with Gasteiger partial charge in [-0.05, 0) is 109 Å². The van der Waals surface area contributed by atoms with Gasteiger partial charge in [0.1, 0.15) is 30.2 Å². The number of nitrogens with one attached hydrogen (secondary N) is 5. The van der Waals surface area contributed by atoms with E-state index in [1.807, 2.05) is 13.0 Å². The quantitative estimate of drug-likeness (QED) is 0.0381. The minimum atomic E-state index is -5.06. The molecule has 3 saturated heterocycles. The Balaban J connectivity index is 0.826. The van der Waals surface area contributed by atoms with Crippen molar-refractivity contribution in [3.8, 4) is 11.8 Å². The van der Waals surface area contributed by atoms with Crippen molar-refractivity contribution in [2.45, 2.75) is 108 Å². The van der Waals surface area contributed by atoms with Crippen molar-refractivity contribution in [2.75, 3.05) is 26.2 Å². The number of amides is 10. The van der Waals surface area contributed by atoms with Gasteiger partial charge < -0.3 is 51.5 Å². The molecular weight excluding hydrogens is 1070 g/mol. The normalized spacial score (nSPS) is 20.8. The fourth-order valence-corrected chi connectivity index (χ4v) is 12.6. The molecule has 9 rings (SSSR count). The fourth-order valence-electron chi connectivity index (χ4n) is 11.2. The second-order valence-electron chi connectivity index (χ2n) is 21.0. The number of urea groups is 1. The summed E-state index contributed by atoms with van der Waals surface area (Å²) in [5, 5.41) is 13.5. The van der Waals surface area contributed by atoms with Crippen LogP contribution < -0.4 is 32.3 Å². The number of fused-ring (bicyclic) bond motifs is 3. The standard InChI is InChI=1S/C56H62N9O13PS/c1-2-3-16-40(59-50(69)44-27-35-25-34(17-19-43(35)80-44)55(74)79(76,77)78)53(72)65-29-36-26-38(36)47(65)51(70)60-41(28-58-56(57)75)48(67)62-46(33-12-5-4-6-13-33)54(73)63-23-21-31(22-24-63)10-7-8-11-32-14-9-15-37-39(32)30-64(52(37)71)42-18-20-45(66)61-49(42)68/h4-6,9,12-15,17,19,25,27,31,36,38,40-42,46-47H,2-3,7,10,16,18,20-24,26,28-30H2,1H3,(H,59,69)(H,60,70)(H,62,67)(H3,57,58,75)(H,61,66,68)(H2,76,77,78)/t36?,38-,40+,41+,42?,46+,47+/m1/s1. The molecule has 7 atom stereocenters. The first-order valence-electron chi connectivity index (χ1n) is 26.8. The van der Waals surface area contributed by atoms with Crippen molar-refractivity contribution in [3.63, 3.8) is 0 Å². The minimum Gasteiger partial charge on any atom is -0.352 e. The summed E-state index contributed by atoms with van der Waals surface area (Å²) < 4.78 is 12.2. The van der Waals surface area contributed by atoms with Crippen LogP contribution in [0.25, 0.3) is 10.1 Å². The number of primary amides is 1. The molecule has 4 aromatic rings. The Kier molecular flexibility index (Phi) is 17.3. The highest BCUT2D eigenvalue weighted by Crippen LogP contribution is 2.50. The Labute approximate surface area is 464 Å². The number of piperidine rings is 3. The summed E-state index contributed by atoms with van der Waals surface area (Å²) in [6.45, 7) is 2.70. The number of nitrogens with zero attached hydrogens (tertiary/aromatic N) is 3. The topological polar surface area (TPSA) is 324 Å². The fraction of sp³-hybridized carbons (Fsp3) is 0.429. The molecule has 420 valence electrons. The molecule has 1 aliphatic carbocycles. The number of benzene rings is 3. The predicted molar refractivity (Wildman–Crippen MR) is 291 cm³/mol. The molecule has 5 heterocycles. The third kappa shape index (κ3) is 12.8. The summed E-state index contributed by atoms with van der Waals surface area (Å²) in [7, 11) is -5.06. The van der Waals surface area contributed by atoms with Crippen LogP contribution in [0.4, 0.5) is 4.79 Å². The molecule has 0 radical (unpaired) electrons. The zero-order chi connectivity index (χ0) is 57.0. The van der Waals surface area contributed by atoms with Crippen molar-refractivity contribution in [1.82, 2.24) is 41.3 Å². The average Bonchev–Trinajstić information content (AvgIpc) is 3.75. The summed E-state index contributed by atoms with van der Waals surface area (Å²) in [5.74, 6) is 2.40. The van der Waals surface area contributed by atoms with E-state index < -0.39 is 85.4 Å². The van der Waals surface area contributed by atoms with Crippen molar-refractivity contribution in [3.05, 3.63) is 105 Å². The number of rotatable bonds is 19. The van der Waals surface area contributed by atoms with Gasteiger partial charge in [0.05, 0.1) is 4.88 Å². The van der Waals surface area contributed by atoms with Gasteiger partial charge in [0.25, 0.3) is 17.3 Å². The zero-order valence-corrected chi connectivity index (χ0v) is 45.5. The number of carbonyl (C=O) groups is 10. The lowest BCUT2D eigenvalue weighted by Crippen LogP contribution is -2.60. The monoisotopic (exact) mass is 1130 g/mol. The molecule has 22 nitrogen and oxygen atoms in total. The third-order valence-electron chi connectivity index (χ3n) is 15.6. The highest BCUT2D eigenvalue weighted by atomic mass is 32.1. The van der Waals surface area contributed by atoms with Crippen LogP contribution in [0.3, 0.4) is 0 Å². The average molecular weight is 1130 g/mol. The van der Waals surface area contributed by atoms with Crippen molar-refractivity contribution < 1.29 is 62.3 Å². The summed E-state index contributed by atoms with van der Waals surface area (Å²) in [5.41, 5.74) is 6.28. The van der Waals surface area contributed by atoms with E-state index in [0.717, 1.165) is 23.3 Å². The number of unbranched alkanes of at least 4 members (excludes halogenated alkanes) is 1. The Bertz CT molecular complexity index is 3270. The second kappa shape index (κ2) is 24.3. The number of nitrogens with two attached hydrogens (primary N) is 1. The molecule has 1 saturated carbocycles. The maximum absolute atomic E-state index is 14.5. The molecular formula is C56H62N9O13PS. The molecule has 5 aliphatic rings. The number of thiophene rings is 1. The van der Waals surface area contributed by atoms with E-state index >= 15 is 0 Å². The molecule has 80 heavy (non-hydrogen) atoms. The lowest BCUT2D eigenvalue weighted by Gasteiger charge is -2.35. The first-order valence-corrected chi connectivity index (χ1v) is 29.2. The predicted octanol–water partition coefficient (Wildman–Crippen LogP) is 3.20. The number of likely N-dealkylation sites (tertiary alicyclic amines) is 2. The van der Waals surface area contributed by atoms with Gasteiger partial charge in [0.2, 0.25) is 35.4 Å². The Morgan fingerprint density at radius 2 is 1.66 bits per heavy atom. The molecule has 4 fully saturated rings. The third-order valence-corrected chi connectivity index (χ3v) is 17.5. The van der Waals surface area contributed by atoms with E-state index in [1.54, 1.807) is 47.4 Å². The molecule has 0 spiro atoms. The molecule has 24 heteroatoms. The first kappa shape index (κ1) is 56.9. The van der Waals surface area contributed by atoms with Gasteiger partial charge >= 0.3 is 13.6 Å². The Morgan fingerprint density at radius 1 is 0.900 bits per heavy atom. The Hall–Kier alpha value is -7.77. The van der Waals surface area contributed by atoms with Crippen molar-refractivity contribution in [2.24, 2.45) is 23.5 Å². The molecule has 0 bridgehead atoms. The number of hydrogen-bond donors (Lipinski definition) is 8. The molecule has 10 amide bonds. The Morgan fingerprint density at radius 3 is 2.38 bits per heavy atom. The summed E-state index contributed by atoms with van der Waals surface area (Å²) >= 11 is 1.06. The summed E-state index contributed by atoms with van der Waals surface area (Å²) in [4.78, 5) is 157. The van der Waals surface area contributed by atoms with Crippen molar-refractivity contribution >= 4 is 87.8 Å². The van der Waals surface area contributed by atoms with E-state index in [4.69, 9.17) is 5.73 Å². The van der Waals surface area contributed by atoms with Crippen LogP contribution in [-0.2, 0) is 39.9 Å². The summed E-state index contributed by atoms with van der Waals surface area (Å²) in [6, 6.07) is 13.0. The van der Waals surface area contributed by atoms with Gasteiger partial charge in [0.15, 0.2) is 0 Å². The number of carbonyl (C=O) groups excluding carboxylic acids is 10. The second-order valence-corrected chi connectivity index (χ2v) is 23.6. The number of imide groups is 1. The van der Waals surface area contributed by atoms with Crippen LogP contribution in [0.1, 0.15) is 124 Å². The van der Waals surface area contributed by atoms with Gasteiger partial charge in [-0.1, -0.05) is 68.0 Å². The van der Waals surface area contributed by atoms with Crippen LogP contribution >= 0.6 is 18.9 Å². The maximum atomic E-state index is 14.5. The highest BCUT2D eigenvalue weighted by Gasteiger charge is 2.58. The van der Waals surface area contributed by atoms with E-state index in [1.165, 1.54) is 34.1 Å². The van der Waals surface area contributed by atoms with Gasteiger partial charge in [-0.25, -0.2) is 4.79 Å². The maximum Gasteiger partial charge on any atom is 0.396 e. The van der Waals surface area contributed by atoms with Gasteiger partial charge in [-0.2, -0.15) is 0 Å². The van der Waals surface area contributed by atoms with Gasteiger partial charge in [0, 0.05) is 67.0 Å². The van der Waals surface area contributed by atoms with E-state index in [9.17, 15) is 62.3 Å². The van der Waals surface area contributed by atoms with Crippen LogP contribution in [0.5, 0.6) is 0 Å². The smallest absolute Gasteiger partial charge is 0.352 e. The highest BCUT2D eigenvalue weighted by molar-refractivity contribution is 7.70. The number of hydrogen-bond acceptors (Lipinski definition) is 12. The summed E-state index contributed by atoms with van der Waals surface area (Å²) in [6.07, 6.45) is 5.17. The minimum absolute atomic E-state index is 0.0112. The van der Waals surface area contributed by atoms with Gasteiger partial charge in [-0.3, -0.25) is 53.0 Å². The van der Waals surface area contributed by atoms with Crippen LogP contribution in [-0.4, -0.2) is 134 Å². The molecule has 9 N–H and O–H groups in total. The van der Waals surface area contributed by atoms with Gasteiger partial charge in [-0.15, -0.1) is 11.3 Å². The van der Waals surface area contributed by atoms with E-state index in [2.05, 4.69) is 38.4 Å². The lowest BCUT2D eigenvalue weighted by molar-refractivity contribution is -0.142. The van der Waals surface area contributed by atoms with Crippen LogP contribution in [0.2, 0.25) is 0 Å². The first-order chi connectivity index (χ1) is 38.3. The van der Waals surface area contributed by atoms with Crippen LogP contribution in [0.15, 0.2) is 72.8 Å². The molecule has 3 aromatic carbocycles. The van der Waals surface area contributed by atoms with Crippen molar-refractivity contribution in [1.29, 1.82) is 0 Å². The lowest BCUT2D eigenvalue weighted by atomic mass is 9.91. The van der Waals surface area contributed by atoms with Crippen LogP contribution in [0, 0.1) is 29.6 Å².